The number of nitrogens with one attached hydrogen (secondary N) is 1. The molecule has 2 rings (SSSR count). The van der Waals surface area contributed by atoms with Gasteiger partial charge in [0.05, 0.1) is 18.8 Å². The summed E-state index contributed by atoms with van der Waals surface area (Å²) in [6.45, 7) is 4.88. The van der Waals surface area contributed by atoms with E-state index in [1.807, 2.05) is 13.8 Å². The van der Waals surface area contributed by atoms with E-state index >= 15 is 0 Å². The van der Waals surface area contributed by atoms with Gasteiger partial charge in [0.1, 0.15) is 5.00 Å². The summed E-state index contributed by atoms with van der Waals surface area (Å²) in [5, 5.41) is 3.39. The van der Waals surface area contributed by atoms with Crippen LogP contribution in [-0.2, 0) is 22.6 Å². The molecule has 0 fully saturated rings. The third kappa shape index (κ3) is 2.79. The molecule has 0 radical (unpaired) electrons. The van der Waals surface area contributed by atoms with Crippen molar-refractivity contribution in [2.75, 3.05) is 11.9 Å². The zero-order valence-electron chi connectivity index (χ0n) is 11.1. The van der Waals surface area contributed by atoms with Gasteiger partial charge >= 0.3 is 0 Å². The highest BCUT2D eigenvalue weighted by molar-refractivity contribution is 7.17. The van der Waals surface area contributed by atoms with Crippen LogP contribution >= 0.6 is 11.3 Å². The Labute approximate surface area is 116 Å². The van der Waals surface area contributed by atoms with Crippen LogP contribution in [0, 0.1) is 5.92 Å². The Balaban J connectivity index is 2.32. The third-order valence-corrected chi connectivity index (χ3v) is 4.48. The van der Waals surface area contributed by atoms with Gasteiger partial charge in [-0.15, -0.1) is 11.3 Å². The summed E-state index contributed by atoms with van der Waals surface area (Å²) in [5.74, 6) is -0.653. The van der Waals surface area contributed by atoms with E-state index < -0.39 is 5.91 Å². The van der Waals surface area contributed by atoms with Crippen LogP contribution in [0.3, 0.4) is 0 Å². The molecule has 0 saturated heterocycles. The van der Waals surface area contributed by atoms with Crippen molar-refractivity contribution in [1.82, 2.24) is 0 Å². The second kappa shape index (κ2) is 5.71. The number of hydrogen-bond acceptors (Lipinski definition) is 4. The number of carbonyl (C=O) groups is 2. The maximum atomic E-state index is 11.9. The number of hydrogen-bond donors (Lipinski definition) is 2. The van der Waals surface area contributed by atoms with Crippen LogP contribution < -0.4 is 11.1 Å². The number of ether oxygens (including phenoxy) is 1. The molecule has 0 bridgehead atoms. The van der Waals surface area contributed by atoms with Crippen LogP contribution in [0.15, 0.2) is 0 Å². The van der Waals surface area contributed by atoms with Crippen molar-refractivity contribution >= 4 is 28.2 Å². The predicted octanol–water partition coefficient (Wildman–Crippen LogP) is 1.90. The fourth-order valence-corrected chi connectivity index (χ4v) is 3.19. The number of thiophene rings is 1. The Hall–Kier alpha value is -1.40. The molecule has 2 amide bonds. The number of nitrogens with two attached hydrogens (primary N) is 1. The van der Waals surface area contributed by atoms with Crippen molar-refractivity contribution in [2.24, 2.45) is 11.7 Å². The van der Waals surface area contributed by atoms with E-state index in [0.717, 1.165) is 16.9 Å². The fraction of sp³-hybridized carbons (Fsp3) is 0.538. The van der Waals surface area contributed by atoms with E-state index in [9.17, 15) is 9.59 Å². The molecule has 2 heterocycles. The van der Waals surface area contributed by atoms with Gasteiger partial charge in [-0.1, -0.05) is 13.8 Å². The van der Waals surface area contributed by atoms with Crippen molar-refractivity contribution in [3.05, 3.63) is 16.0 Å². The Morgan fingerprint density at radius 3 is 2.89 bits per heavy atom. The van der Waals surface area contributed by atoms with E-state index in [0.29, 0.717) is 30.2 Å². The Kier molecular flexibility index (Phi) is 4.21. The monoisotopic (exact) mass is 282 g/mol. The molecule has 0 aromatic carbocycles. The molecule has 0 aliphatic carbocycles. The molecule has 1 unspecified atom stereocenters. The average molecular weight is 282 g/mol. The summed E-state index contributed by atoms with van der Waals surface area (Å²) in [7, 11) is 0. The smallest absolute Gasteiger partial charge is 0.251 e. The van der Waals surface area contributed by atoms with E-state index in [1.54, 1.807) is 0 Å². The van der Waals surface area contributed by atoms with E-state index in [4.69, 9.17) is 10.5 Å². The number of fused-ring (bicyclic) bond motifs is 1. The summed E-state index contributed by atoms with van der Waals surface area (Å²) in [5.41, 5.74) is 6.83. The molecule has 6 heteroatoms. The highest BCUT2D eigenvalue weighted by Crippen LogP contribution is 2.36. The van der Waals surface area contributed by atoms with Crippen molar-refractivity contribution in [2.45, 2.75) is 33.3 Å². The highest BCUT2D eigenvalue weighted by atomic mass is 32.1. The van der Waals surface area contributed by atoms with Crippen molar-refractivity contribution in [3.63, 3.8) is 0 Å². The van der Waals surface area contributed by atoms with Gasteiger partial charge in [0.2, 0.25) is 5.91 Å². The molecule has 0 saturated carbocycles. The quantitative estimate of drug-likeness (QED) is 0.885. The number of amides is 2. The largest absolute Gasteiger partial charge is 0.376 e. The van der Waals surface area contributed by atoms with Gasteiger partial charge in [0.15, 0.2) is 0 Å². The molecule has 1 aliphatic rings. The van der Waals surface area contributed by atoms with E-state index in [1.165, 1.54) is 11.3 Å². The minimum atomic E-state index is -0.487. The van der Waals surface area contributed by atoms with Crippen LogP contribution in [-0.4, -0.2) is 18.4 Å². The maximum Gasteiger partial charge on any atom is 0.251 e. The van der Waals surface area contributed by atoms with Crippen molar-refractivity contribution < 1.29 is 14.3 Å². The molecular weight excluding hydrogens is 264 g/mol. The van der Waals surface area contributed by atoms with Gasteiger partial charge in [-0.3, -0.25) is 9.59 Å². The van der Waals surface area contributed by atoms with Crippen LogP contribution in [0.25, 0.3) is 0 Å². The van der Waals surface area contributed by atoms with Crippen molar-refractivity contribution in [3.8, 4) is 0 Å². The number of rotatable bonds is 4. The topological polar surface area (TPSA) is 81.4 Å². The molecule has 19 heavy (non-hydrogen) atoms. The molecular formula is C13H18N2O3S. The first-order valence-electron chi connectivity index (χ1n) is 6.37. The average Bonchev–Trinajstić information content (AvgIpc) is 2.75. The summed E-state index contributed by atoms with van der Waals surface area (Å²) in [6.07, 6.45) is 1.43. The lowest BCUT2D eigenvalue weighted by Gasteiger charge is -2.12. The van der Waals surface area contributed by atoms with Gasteiger partial charge in [-0.25, -0.2) is 0 Å². The predicted molar refractivity (Wildman–Crippen MR) is 74.3 cm³/mol. The summed E-state index contributed by atoms with van der Waals surface area (Å²) in [4.78, 5) is 24.5. The number of anilines is 1. The molecule has 1 aromatic heterocycles. The normalized spacial score (nSPS) is 15.7. The van der Waals surface area contributed by atoms with Gasteiger partial charge in [0.25, 0.3) is 5.91 Å². The second-order valence-corrected chi connectivity index (χ2v) is 5.78. The molecule has 1 aliphatic heterocycles. The molecule has 3 N–H and O–H groups in total. The number of primary amides is 1. The second-order valence-electron chi connectivity index (χ2n) is 4.67. The standard InChI is InChI=1S/C13H18N2O3S/c1-3-7(2)12(17)15-13-10(11(14)16)8-4-5-18-6-9(8)19-13/h7H,3-6H2,1-2H3,(H2,14,16)(H,15,17). The SMILES string of the molecule is CCC(C)C(=O)Nc1sc2c(c1C(N)=O)CCOC2. The maximum absolute atomic E-state index is 11.9. The molecule has 1 atom stereocenters. The van der Waals surface area contributed by atoms with Gasteiger partial charge in [-0.05, 0) is 18.4 Å². The number of carbonyl (C=O) groups excluding carboxylic acids is 2. The molecule has 104 valence electrons. The summed E-state index contributed by atoms with van der Waals surface area (Å²) < 4.78 is 5.36. The Bertz CT molecular complexity index is 510. The minimum Gasteiger partial charge on any atom is -0.376 e. The zero-order chi connectivity index (χ0) is 14.0. The van der Waals surface area contributed by atoms with Gasteiger partial charge in [0, 0.05) is 10.8 Å². The van der Waals surface area contributed by atoms with Crippen LogP contribution in [0.4, 0.5) is 5.00 Å². The first-order chi connectivity index (χ1) is 9.04. The fourth-order valence-electron chi connectivity index (χ4n) is 2.00. The Morgan fingerprint density at radius 2 is 2.26 bits per heavy atom. The van der Waals surface area contributed by atoms with Crippen LogP contribution in [0.1, 0.15) is 41.1 Å². The highest BCUT2D eigenvalue weighted by Gasteiger charge is 2.25. The lowest BCUT2D eigenvalue weighted by molar-refractivity contribution is -0.119. The van der Waals surface area contributed by atoms with Crippen molar-refractivity contribution in [1.29, 1.82) is 0 Å². The third-order valence-electron chi connectivity index (χ3n) is 3.36. The van der Waals surface area contributed by atoms with Crippen LogP contribution in [0.5, 0.6) is 0 Å². The molecule has 5 nitrogen and oxygen atoms in total. The van der Waals surface area contributed by atoms with E-state index in [-0.39, 0.29) is 11.8 Å². The lowest BCUT2D eigenvalue weighted by atomic mass is 10.0. The first-order valence-corrected chi connectivity index (χ1v) is 7.19. The van der Waals surface area contributed by atoms with E-state index in [2.05, 4.69) is 5.32 Å². The molecule has 1 aromatic rings. The zero-order valence-corrected chi connectivity index (χ0v) is 11.9. The Morgan fingerprint density at radius 1 is 1.53 bits per heavy atom. The lowest BCUT2D eigenvalue weighted by Crippen LogP contribution is -2.22. The summed E-state index contributed by atoms with van der Waals surface area (Å²) in [6, 6.07) is 0. The van der Waals surface area contributed by atoms with Gasteiger partial charge in [-0.2, -0.15) is 0 Å². The first kappa shape index (κ1) is 14.0. The van der Waals surface area contributed by atoms with Crippen LogP contribution in [0.2, 0.25) is 0 Å². The summed E-state index contributed by atoms with van der Waals surface area (Å²) >= 11 is 1.39. The minimum absolute atomic E-state index is 0.0792. The van der Waals surface area contributed by atoms with Gasteiger partial charge < -0.3 is 15.8 Å². The molecule has 0 spiro atoms.